The molecule has 0 saturated carbocycles. The summed E-state index contributed by atoms with van der Waals surface area (Å²) in [5.74, 6) is 0.151. The van der Waals surface area contributed by atoms with Gasteiger partial charge in [-0.1, -0.05) is 78.4 Å². The Balaban J connectivity index is 0.00000126. The Kier molecular flexibility index (Phi) is 21.9. The summed E-state index contributed by atoms with van der Waals surface area (Å²) in [5, 5.41) is 0. The maximum absolute atomic E-state index is 11.6. The first-order chi connectivity index (χ1) is 15.9. The highest BCUT2D eigenvalue weighted by Gasteiger charge is 2.35. The highest BCUT2D eigenvalue weighted by atomic mass is 32.7. The monoisotopic (exact) mass is 507 g/mol. The summed E-state index contributed by atoms with van der Waals surface area (Å²) in [4.78, 5) is 23.2. The van der Waals surface area contributed by atoms with E-state index in [4.69, 9.17) is 9.26 Å². The first-order valence-corrected chi connectivity index (χ1v) is 16.2. The summed E-state index contributed by atoms with van der Waals surface area (Å²) in [6.07, 6.45) is 17.7. The molecule has 1 fully saturated rings. The molecule has 196 valence electrons. The van der Waals surface area contributed by atoms with Crippen molar-refractivity contribution >= 4 is 24.1 Å². The predicted octanol–water partition coefficient (Wildman–Crippen LogP) is 7.37. The molecule has 33 heavy (non-hydrogen) atoms. The zero-order valence-electron chi connectivity index (χ0n) is 21.6. The van der Waals surface area contributed by atoms with Gasteiger partial charge < -0.3 is 14.5 Å². The smallest absolute Gasteiger partial charge is 0.387 e. The van der Waals surface area contributed by atoms with E-state index in [1.54, 1.807) is 0 Å². The third kappa shape index (κ3) is 20.7. The molecule has 0 radical (unpaired) electrons. The number of unbranched alkanes of at least 4 members (excludes halogenated alkanes) is 9. The molecule has 8 heteroatoms. The fourth-order valence-electron chi connectivity index (χ4n) is 3.42. The maximum atomic E-state index is 11.6. The van der Waals surface area contributed by atoms with Gasteiger partial charge in [0.1, 0.15) is 12.7 Å². The summed E-state index contributed by atoms with van der Waals surface area (Å²) in [7, 11) is 0. The van der Waals surface area contributed by atoms with Gasteiger partial charge in [-0.25, -0.2) is 4.57 Å². The molecule has 1 unspecified atom stereocenters. The van der Waals surface area contributed by atoms with Crippen LogP contribution in [0.15, 0.2) is 12.2 Å². The lowest BCUT2D eigenvalue weighted by molar-refractivity contribution is -0.145. The molecular weight excluding hydrogens is 457 g/mol. The van der Waals surface area contributed by atoms with Crippen LogP contribution in [0.1, 0.15) is 105 Å². The van der Waals surface area contributed by atoms with E-state index in [-0.39, 0.29) is 12.6 Å². The molecule has 0 aliphatic carbocycles. The normalized spacial score (nSPS) is 20.2. The highest BCUT2D eigenvalue weighted by Crippen LogP contribution is 2.61. The summed E-state index contributed by atoms with van der Waals surface area (Å²) in [6, 6.07) is 0. The van der Waals surface area contributed by atoms with Crippen molar-refractivity contribution in [3.05, 3.63) is 12.2 Å². The average Bonchev–Trinajstić information content (AvgIpc) is 3.15. The minimum absolute atomic E-state index is 0.0706. The molecule has 2 atom stereocenters. The van der Waals surface area contributed by atoms with Gasteiger partial charge in [-0.05, 0) is 63.1 Å². The van der Waals surface area contributed by atoms with Crippen molar-refractivity contribution in [1.29, 1.82) is 0 Å². The number of esters is 1. The first-order valence-electron chi connectivity index (χ1n) is 13.1. The van der Waals surface area contributed by atoms with Gasteiger partial charge in [0.25, 0.3) is 0 Å². The third-order valence-electron chi connectivity index (χ3n) is 5.62. The van der Waals surface area contributed by atoms with Gasteiger partial charge >= 0.3 is 12.8 Å². The minimum Gasteiger partial charge on any atom is -0.463 e. The summed E-state index contributed by atoms with van der Waals surface area (Å²) in [6.45, 7) is 8.94. The maximum Gasteiger partial charge on any atom is 0.387 e. The van der Waals surface area contributed by atoms with Crippen LogP contribution in [-0.2, 0) is 18.6 Å². The highest BCUT2D eigenvalue weighted by molar-refractivity contribution is 8.55. The van der Waals surface area contributed by atoms with Crippen molar-refractivity contribution in [2.45, 2.75) is 111 Å². The van der Waals surface area contributed by atoms with E-state index in [0.29, 0.717) is 12.2 Å². The number of ether oxygens (including phenoxy) is 1. The quantitative estimate of drug-likeness (QED) is 0.0898. The minimum atomic E-state index is -3.49. The molecule has 1 heterocycles. The molecule has 1 rings (SSSR count). The second kappa shape index (κ2) is 22.2. The Bertz CT molecular complexity index is 537. The molecule has 0 spiro atoms. The van der Waals surface area contributed by atoms with Gasteiger partial charge in [-0.2, -0.15) is 0 Å². The van der Waals surface area contributed by atoms with Crippen molar-refractivity contribution in [1.82, 2.24) is 4.90 Å². The van der Waals surface area contributed by atoms with Crippen molar-refractivity contribution in [3.8, 4) is 0 Å². The summed E-state index contributed by atoms with van der Waals surface area (Å²) in [5.41, 5.74) is 0. The zero-order chi connectivity index (χ0) is 24.8. The van der Waals surface area contributed by atoms with Crippen LogP contribution in [0.4, 0.5) is 0 Å². The van der Waals surface area contributed by atoms with Gasteiger partial charge in [-0.15, -0.1) is 0 Å². The third-order valence-corrected chi connectivity index (χ3v) is 8.72. The second-order valence-electron chi connectivity index (χ2n) is 8.42. The molecular formula is C25H50NO5PS. The van der Waals surface area contributed by atoms with Crippen LogP contribution in [0.3, 0.4) is 0 Å². The molecule has 6 nitrogen and oxygen atoms in total. The molecule has 0 aromatic rings. The average molecular weight is 508 g/mol. The molecule has 1 aliphatic rings. The van der Waals surface area contributed by atoms with E-state index >= 15 is 0 Å². The van der Waals surface area contributed by atoms with Crippen molar-refractivity contribution in [2.75, 3.05) is 32.0 Å². The fourth-order valence-corrected chi connectivity index (χ4v) is 6.22. The topological polar surface area (TPSA) is 76.1 Å². The summed E-state index contributed by atoms with van der Waals surface area (Å²) < 4.78 is 21.2. The van der Waals surface area contributed by atoms with Crippen molar-refractivity contribution < 1.29 is 23.5 Å². The van der Waals surface area contributed by atoms with Crippen LogP contribution in [0.5, 0.6) is 0 Å². The lowest BCUT2D eigenvalue weighted by Crippen LogP contribution is -2.21. The van der Waals surface area contributed by atoms with Gasteiger partial charge in [-0.3, -0.25) is 9.32 Å². The lowest BCUT2D eigenvalue weighted by atomic mass is 10.1. The number of rotatable bonds is 18. The molecule has 0 bridgehead atoms. The van der Waals surface area contributed by atoms with Gasteiger partial charge in [0.2, 0.25) is 0 Å². The number of allylic oxidation sites excluding steroid dienone is 2. The van der Waals surface area contributed by atoms with E-state index in [1.807, 2.05) is 0 Å². The Hall–Kier alpha value is -0.330. The Labute approximate surface area is 207 Å². The Morgan fingerprint density at radius 3 is 2.00 bits per heavy atom. The number of hydrogen-bond acceptors (Lipinski definition) is 6. The van der Waals surface area contributed by atoms with Crippen molar-refractivity contribution in [3.63, 3.8) is 0 Å². The largest absolute Gasteiger partial charge is 0.463 e. The van der Waals surface area contributed by atoms with E-state index in [2.05, 4.69) is 44.7 Å². The standard InChI is InChI=1S/C19H35O5PS.C6H15N/c1-2-3-4-5-6-7-8-9-10-11-12-13-14-15-19(20)23-16-18-17-26-25(21,22)24-18;1-4-7(5-2)6-3/h7-8,18H,2-6,9-17H2,1H3,(H,21,22);4-6H2,1-3H3/b8-7-;/t18-;/m1./s1. The lowest BCUT2D eigenvalue weighted by Gasteiger charge is -2.13. The molecule has 1 N–H and O–H groups in total. The molecule has 0 amide bonds. The number of carbonyl (C=O) groups excluding carboxylic acids is 1. The van der Waals surface area contributed by atoms with E-state index in [0.717, 1.165) is 37.1 Å². The number of nitrogens with zero attached hydrogens (tertiary/aromatic N) is 1. The van der Waals surface area contributed by atoms with Crippen LogP contribution in [0.25, 0.3) is 0 Å². The Morgan fingerprint density at radius 2 is 1.52 bits per heavy atom. The van der Waals surface area contributed by atoms with Crippen LogP contribution >= 0.6 is 18.2 Å². The van der Waals surface area contributed by atoms with Crippen LogP contribution in [0, 0.1) is 0 Å². The van der Waals surface area contributed by atoms with Crippen molar-refractivity contribution in [2.24, 2.45) is 0 Å². The van der Waals surface area contributed by atoms with Gasteiger partial charge in [0.05, 0.1) is 0 Å². The fraction of sp³-hybridized carbons (Fsp3) is 0.880. The zero-order valence-corrected chi connectivity index (χ0v) is 23.3. The first kappa shape index (κ1) is 32.7. The van der Waals surface area contributed by atoms with Crippen LogP contribution < -0.4 is 0 Å². The van der Waals surface area contributed by atoms with Gasteiger partial charge in [0, 0.05) is 12.2 Å². The SMILES string of the molecule is CCCCCC/C=C\CCCCCCCC(=O)OC[C@@H]1CSP(=O)(O)O1.CCN(CC)CC. The second-order valence-corrected chi connectivity index (χ2v) is 12.3. The van der Waals surface area contributed by atoms with E-state index < -0.39 is 12.9 Å². The van der Waals surface area contributed by atoms with E-state index in [9.17, 15) is 14.3 Å². The van der Waals surface area contributed by atoms with E-state index in [1.165, 1.54) is 64.6 Å². The number of carbonyl (C=O) groups is 1. The predicted molar refractivity (Wildman–Crippen MR) is 142 cm³/mol. The van der Waals surface area contributed by atoms with Crippen LogP contribution in [-0.4, -0.2) is 53.9 Å². The van der Waals surface area contributed by atoms with Crippen LogP contribution in [0.2, 0.25) is 0 Å². The molecule has 0 aromatic heterocycles. The molecule has 1 saturated heterocycles. The molecule has 1 aliphatic heterocycles. The number of hydrogen-bond donors (Lipinski definition) is 1. The Morgan fingerprint density at radius 1 is 0.970 bits per heavy atom. The van der Waals surface area contributed by atoms with Gasteiger partial charge in [0.15, 0.2) is 0 Å². The summed E-state index contributed by atoms with van der Waals surface area (Å²) >= 11 is 0.890. The molecule has 0 aromatic carbocycles.